The third-order valence-electron chi connectivity index (χ3n) is 5.20. The lowest BCUT2D eigenvalue weighted by Gasteiger charge is -2.28. The van der Waals surface area contributed by atoms with E-state index in [1.54, 1.807) is 0 Å². The average molecular weight is 488 g/mol. The third-order valence-corrected chi connectivity index (χ3v) is 5.20. The van der Waals surface area contributed by atoms with Crippen LogP contribution in [0.15, 0.2) is 4.99 Å². The van der Waals surface area contributed by atoms with E-state index in [4.69, 9.17) is 22.3 Å². The highest BCUT2D eigenvalue weighted by molar-refractivity contribution is 5.94. The van der Waals surface area contributed by atoms with Crippen LogP contribution in [0.5, 0.6) is 0 Å². The van der Waals surface area contributed by atoms with Crippen LogP contribution >= 0.6 is 0 Å². The monoisotopic (exact) mass is 487 g/mol. The summed E-state index contributed by atoms with van der Waals surface area (Å²) in [4.78, 5) is 64.9. The van der Waals surface area contributed by atoms with E-state index >= 15 is 0 Å². The molecule has 1 aliphatic rings. The van der Waals surface area contributed by atoms with E-state index in [2.05, 4.69) is 15.6 Å². The first-order chi connectivity index (χ1) is 16.0. The van der Waals surface area contributed by atoms with Gasteiger partial charge in [-0.2, -0.15) is 0 Å². The Morgan fingerprint density at radius 1 is 1.03 bits per heavy atom. The Labute approximate surface area is 195 Å². The van der Waals surface area contributed by atoms with Gasteiger partial charge in [-0.05, 0) is 32.1 Å². The van der Waals surface area contributed by atoms with Crippen LogP contribution in [0.2, 0.25) is 0 Å². The van der Waals surface area contributed by atoms with Crippen molar-refractivity contribution in [2.75, 3.05) is 19.7 Å². The van der Waals surface area contributed by atoms with Crippen LogP contribution < -0.4 is 27.8 Å². The number of hydrogen-bond donors (Lipinski definition) is 8. The molecule has 0 aromatic rings. The molecule has 0 aliphatic carbocycles. The second kappa shape index (κ2) is 13.9. The van der Waals surface area contributed by atoms with E-state index in [-0.39, 0.29) is 51.2 Å². The second-order valence-corrected chi connectivity index (χ2v) is 7.82. The van der Waals surface area contributed by atoms with E-state index < -0.39 is 60.4 Å². The van der Waals surface area contributed by atoms with Crippen molar-refractivity contribution in [3.05, 3.63) is 0 Å². The van der Waals surface area contributed by atoms with Gasteiger partial charge in [-0.3, -0.25) is 24.2 Å². The van der Waals surface area contributed by atoms with E-state index in [0.717, 1.165) is 4.90 Å². The lowest BCUT2D eigenvalue weighted by Crippen LogP contribution is -2.58. The Bertz CT molecular complexity index is 787. The number of guanidine groups is 1. The number of rotatable bonds is 14. The number of nitrogens with one attached hydrogen (secondary N) is 2. The zero-order valence-corrected chi connectivity index (χ0v) is 18.7. The molecule has 3 amide bonds. The molecule has 15 heteroatoms. The highest BCUT2D eigenvalue weighted by Gasteiger charge is 2.38. The molecule has 0 aromatic heterocycles. The molecule has 0 spiro atoms. The normalized spacial score (nSPS) is 17.8. The van der Waals surface area contributed by atoms with Gasteiger partial charge in [0, 0.05) is 19.5 Å². The summed E-state index contributed by atoms with van der Waals surface area (Å²) in [5, 5.41) is 32.4. The van der Waals surface area contributed by atoms with Gasteiger partial charge in [0.25, 0.3) is 0 Å². The minimum atomic E-state index is -1.43. The molecule has 34 heavy (non-hydrogen) atoms. The van der Waals surface area contributed by atoms with E-state index in [1.807, 2.05) is 0 Å². The van der Waals surface area contributed by atoms with Crippen molar-refractivity contribution in [2.45, 2.75) is 62.7 Å². The zero-order chi connectivity index (χ0) is 25.8. The molecular formula is C19H33N7O8. The molecule has 1 saturated heterocycles. The number of carboxylic acid groups (broad SMARTS) is 2. The number of aliphatic carboxylic acids is 2. The van der Waals surface area contributed by atoms with Gasteiger partial charge in [-0.25, -0.2) is 4.79 Å². The Balaban J connectivity index is 2.89. The lowest BCUT2D eigenvalue weighted by atomic mass is 10.1. The average Bonchev–Trinajstić information content (AvgIpc) is 3.27. The van der Waals surface area contributed by atoms with Crippen LogP contribution in [0, 0.1) is 0 Å². The summed E-state index contributed by atoms with van der Waals surface area (Å²) in [6.07, 6.45) is 0.501. The van der Waals surface area contributed by atoms with Gasteiger partial charge in [0.15, 0.2) is 5.96 Å². The zero-order valence-electron chi connectivity index (χ0n) is 18.7. The first-order valence-corrected chi connectivity index (χ1v) is 10.8. The van der Waals surface area contributed by atoms with Crippen LogP contribution in [0.1, 0.15) is 38.5 Å². The van der Waals surface area contributed by atoms with E-state index in [9.17, 15) is 34.2 Å². The minimum Gasteiger partial charge on any atom is -0.481 e. The summed E-state index contributed by atoms with van der Waals surface area (Å²) in [5.41, 5.74) is 16.2. The SMILES string of the molecule is NC(N)=NCCCC(NC(=O)C(N)CCC(=O)O)C(=O)NC(CO)C(=O)N1CCCC1C(=O)O. The van der Waals surface area contributed by atoms with Gasteiger partial charge in [0.05, 0.1) is 12.6 Å². The number of aliphatic hydroxyl groups is 1. The fourth-order valence-electron chi connectivity index (χ4n) is 3.41. The number of amides is 3. The number of carbonyl (C=O) groups is 5. The third kappa shape index (κ3) is 9.19. The maximum absolute atomic E-state index is 12.9. The number of carbonyl (C=O) groups excluding carboxylic acids is 3. The molecule has 11 N–H and O–H groups in total. The first kappa shape index (κ1) is 28.6. The number of nitrogens with zero attached hydrogens (tertiary/aromatic N) is 2. The molecule has 4 atom stereocenters. The van der Waals surface area contributed by atoms with E-state index in [0.29, 0.717) is 6.42 Å². The molecule has 1 fully saturated rings. The lowest BCUT2D eigenvalue weighted by molar-refractivity contribution is -0.150. The minimum absolute atomic E-state index is 0.0355. The molecule has 192 valence electrons. The summed E-state index contributed by atoms with van der Waals surface area (Å²) in [6.45, 7) is -0.483. The molecule has 4 unspecified atom stereocenters. The van der Waals surface area contributed by atoms with Crippen molar-refractivity contribution in [3.8, 4) is 0 Å². The van der Waals surface area contributed by atoms with Gasteiger partial charge >= 0.3 is 11.9 Å². The summed E-state index contributed by atoms with van der Waals surface area (Å²) in [5.74, 6) is -4.84. The van der Waals surface area contributed by atoms with Gasteiger partial charge in [0.2, 0.25) is 17.7 Å². The summed E-state index contributed by atoms with van der Waals surface area (Å²) in [6, 6.07) is -4.88. The van der Waals surface area contributed by atoms with Gasteiger partial charge in [-0.15, -0.1) is 0 Å². The quantitative estimate of drug-likeness (QED) is 0.0670. The molecule has 0 bridgehead atoms. The van der Waals surface area contributed by atoms with Crippen molar-refractivity contribution >= 4 is 35.6 Å². The Morgan fingerprint density at radius 2 is 1.68 bits per heavy atom. The molecular weight excluding hydrogens is 454 g/mol. The number of carboxylic acids is 2. The fourth-order valence-corrected chi connectivity index (χ4v) is 3.41. The molecule has 1 heterocycles. The fraction of sp³-hybridized carbons (Fsp3) is 0.684. The highest BCUT2D eigenvalue weighted by Crippen LogP contribution is 2.18. The van der Waals surface area contributed by atoms with Crippen LogP contribution in [-0.4, -0.2) is 99.7 Å². The van der Waals surface area contributed by atoms with Crippen LogP contribution in [0.4, 0.5) is 0 Å². The van der Waals surface area contributed by atoms with Crippen molar-refractivity contribution in [2.24, 2.45) is 22.2 Å². The first-order valence-electron chi connectivity index (χ1n) is 10.8. The van der Waals surface area contributed by atoms with E-state index in [1.165, 1.54) is 0 Å². The van der Waals surface area contributed by atoms with Gasteiger partial charge in [0.1, 0.15) is 18.1 Å². The molecule has 0 saturated carbocycles. The maximum Gasteiger partial charge on any atom is 0.326 e. The Hall–Kier alpha value is -3.46. The largest absolute Gasteiger partial charge is 0.481 e. The maximum atomic E-state index is 12.9. The topological polar surface area (TPSA) is 264 Å². The van der Waals surface area contributed by atoms with Gasteiger partial charge < -0.3 is 48.1 Å². The molecule has 15 nitrogen and oxygen atoms in total. The number of likely N-dealkylation sites (tertiary alicyclic amines) is 1. The number of aliphatic imine (C=N–C) groups is 1. The predicted octanol–water partition coefficient (Wildman–Crippen LogP) is -3.73. The van der Waals surface area contributed by atoms with Crippen molar-refractivity contribution in [3.63, 3.8) is 0 Å². The van der Waals surface area contributed by atoms with Crippen LogP contribution in [0.3, 0.4) is 0 Å². The smallest absolute Gasteiger partial charge is 0.326 e. The number of nitrogens with two attached hydrogens (primary N) is 3. The second-order valence-electron chi connectivity index (χ2n) is 7.82. The predicted molar refractivity (Wildman–Crippen MR) is 118 cm³/mol. The Kier molecular flexibility index (Phi) is 11.7. The molecule has 0 aromatic carbocycles. The highest BCUT2D eigenvalue weighted by atomic mass is 16.4. The standard InChI is InChI=1S/C19H33N7O8/c20-10(5-6-14(28)29)15(30)24-11(3-1-7-23-19(21)22)16(31)25-12(9-27)17(32)26-8-2-4-13(26)18(33)34/h10-13,27H,1-9,20H2,(H,24,30)(H,25,31)(H,28,29)(H,33,34)(H4,21,22,23). The van der Waals surface area contributed by atoms with Crippen LogP contribution in [0.25, 0.3) is 0 Å². The van der Waals surface area contributed by atoms with Crippen LogP contribution in [-0.2, 0) is 24.0 Å². The van der Waals surface area contributed by atoms with Crippen molar-refractivity contribution in [1.82, 2.24) is 15.5 Å². The molecule has 1 aliphatic heterocycles. The van der Waals surface area contributed by atoms with Gasteiger partial charge in [-0.1, -0.05) is 0 Å². The molecule has 0 radical (unpaired) electrons. The Morgan fingerprint density at radius 3 is 2.24 bits per heavy atom. The van der Waals surface area contributed by atoms with Crippen molar-refractivity contribution in [1.29, 1.82) is 0 Å². The summed E-state index contributed by atoms with van der Waals surface area (Å²) < 4.78 is 0. The number of hydrogen-bond acceptors (Lipinski definition) is 8. The summed E-state index contributed by atoms with van der Waals surface area (Å²) >= 11 is 0. The number of aliphatic hydroxyl groups excluding tert-OH is 1. The molecule has 1 rings (SSSR count). The summed E-state index contributed by atoms with van der Waals surface area (Å²) in [7, 11) is 0. The van der Waals surface area contributed by atoms with Crippen molar-refractivity contribution < 1.29 is 39.3 Å².